The summed E-state index contributed by atoms with van der Waals surface area (Å²) < 4.78 is 33.7. The van der Waals surface area contributed by atoms with E-state index >= 15 is 0 Å². The van der Waals surface area contributed by atoms with E-state index in [4.69, 9.17) is 28.4 Å². The SMILES string of the molecule is O=C(OC[C@H]1O[C@@H](Oc2ccccc2O)[C@H](O)[C@@H](O)[C@@H]1O)C1C(c2ccc(O)c(O)c2)C(C(=O)OC[C@H]2O[C@@H](Oc3ccccc3O)[C@H](O)[C@@H](O)[C@@H]2O)C1c1ccc(O)c(O)c1. The van der Waals surface area contributed by atoms with Gasteiger partial charge in [-0.05, 0) is 59.7 Å². The van der Waals surface area contributed by atoms with Crippen LogP contribution in [0, 0.1) is 11.8 Å². The van der Waals surface area contributed by atoms with Crippen LogP contribution in [-0.4, -0.2) is 148 Å². The molecule has 0 bridgehead atoms. The topological polar surface area (TPSA) is 332 Å². The van der Waals surface area contributed by atoms with Crippen molar-refractivity contribution in [3.63, 3.8) is 0 Å². The average molecular weight is 869 g/mol. The molecule has 12 N–H and O–H groups in total. The number of hydrogen-bond donors (Lipinski definition) is 12. The molecule has 20 nitrogen and oxygen atoms in total. The van der Waals surface area contributed by atoms with Crippen LogP contribution in [-0.2, 0) is 28.5 Å². The molecular formula is C42H44O20. The van der Waals surface area contributed by atoms with Crippen LogP contribution in [0.5, 0.6) is 46.0 Å². The molecule has 4 aromatic carbocycles. The Morgan fingerprint density at radius 1 is 0.452 bits per heavy atom. The molecule has 2 heterocycles. The Bertz CT molecular complexity index is 2070. The molecule has 2 aliphatic heterocycles. The van der Waals surface area contributed by atoms with Gasteiger partial charge in [0.2, 0.25) is 12.6 Å². The number of carbonyl (C=O) groups is 2. The Hall–Kier alpha value is -6.10. The molecule has 0 aromatic heterocycles. The Balaban J connectivity index is 1.15. The normalized spacial score (nSPS) is 31.9. The fourth-order valence-corrected chi connectivity index (χ4v) is 7.85. The number of hydrogen-bond acceptors (Lipinski definition) is 20. The lowest BCUT2D eigenvalue weighted by Gasteiger charge is -2.50. The molecule has 3 fully saturated rings. The zero-order valence-electron chi connectivity index (χ0n) is 32.2. The summed E-state index contributed by atoms with van der Waals surface area (Å²) in [6.45, 7) is -1.54. The van der Waals surface area contributed by atoms with Gasteiger partial charge in [-0.3, -0.25) is 9.59 Å². The van der Waals surface area contributed by atoms with Crippen molar-refractivity contribution in [2.45, 2.75) is 73.2 Å². The lowest BCUT2D eigenvalue weighted by atomic mass is 9.52. The molecule has 0 spiro atoms. The molecule has 3 aliphatic rings. The van der Waals surface area contributed by atoms with Crippen molar-refractivity contribution in [1.29, 1.82) is 0 Å². The number of benzene rings is 4. The first-order valence-corrected chi connectivity index (χ1v) is 19.2. The number of phenols is 6. The Morgan fingerprint density at radius 3 is 1.18 bits per heavy atom. The maximum atomic E-state index is 14.3. The van der Waals surface area contributed by atoms with Gasteiger partial charge >= 0.3 is 11.9 Å². The highest BCUT2D eigenvalue weighted by Crippen LogP contribution is 2.59. The minimum atomic E-state index is -1.88. The molecule has 7 rings (SSSR count). The average Bonchev–Trinajstić information content (AvgIpc) is 3.24. The van der Waals surface area contributed by atoms with E-state index in [2.05, 4.69) is 0 Å². The summed E-state index contributed by atoms with van der Waals surface area (Å²) in [4.78, 5) is 28.5. The molecule has 62 heavy (non-hydrogen) atoms. The lowest BCUT2D eigenvalue weighted by molar-refractivity contribution is -0.279. The molecule has 20 heteroatoms. The number of esters is 2. The first kappa shape index (κ1) is 44.0. The van der Waals surface area contributed by atoms with Gasteiger partial charge in [-0.25, -0.2) is 0 Å². The summed E-state index contributed by atoms with van der Waals surface area (Å²) in [5.41, 5.74) is 0.214. The summed E-state index contributed by atoms with van der Waals surface area (Å²) in [5.74, 6) is -10.6. The van der Waals surface area contributed by atoms with E-state index in [0.717, 1.165) is 24.3 Å². The van der Waals surface area contributed by atoms with E-state index in [-0.39, 0.29) is 34.1 Å². The number of aliphatic hydroxyl groups is 6. The third-order valence-corrected chi connectivity index (χ3v) is 11.2. The number of para-hydroxylation sites is 4. The summed E-state index contributed by atoms with van der Waals surface area (Å²) in [7, 11) is 0. The Morgan fingerprint density at radius 2 is 0.823 bits per heavy atom. The summed E-state index contributed by atoms with van der Waals surface area (Å²) in [5, 5.41) is 126. The van der Waals surface area contributed by atoms with Gasteiger partial charge in [0.15, 0.2) is 46.0 Å². The molecule has 1 aliphatic carbocycles. The highest BCUT2D eigenvalue weighted by molar-refractivity contribution is 5.85. The first-order valence-electron chi connectivity index (χ1n) is 19.2. The zero-order chi connectivity index (χ0) is 44.6. The molecular weight excluding hydrogens is 824 g/mol. The molecule has 2 saturated heterocycles. The van der Waals surface area contributed by atoms with Gasteiger partial charge in [0.05, 0.1) is 11.8 Å². The van der Waals surface area contributed by atoms with E-state index in [0.29, 0.717) is 0 Å². The number of phenolic OH excluding ortho intramolecular Hbond substituents is 6. The van der Waals surface area contributed by atoms with Crippen LogP contribution in [0.3, 0.4) is 0 Å². The first-order chi connectivity index (χ1) is 29.5. The summed E-state index contributed by atoms with van der Waals surface area (Å²) in [6, 6.07) is 18.3. The summed E-state index contributed by atoms with van der Waals surface area (Å²) >= 11 is 0. The van der Waals surface area contributed by atoms with Crippen molar-refractivity contribution in [2.75, 3.05) is 13.2 Å². The fourth-order valence-electron chi connectivity index (χ4n) is 7.85. The van der Waals surface area contributed by atoms with Crippen LogP contribution < -0.4 is 9.47 Å². The van der Waals surface area contributed by atoms with Crippen LogP contribution in [0.15, 0.2) is 84.9 Å². The van der Waals surface area contributed by atoms with Crippen LogP contribution in [0.1, 0.15) is 23.0 Å². The quantitative estimate of drug-likeness (QED) is 0.0653. The number of ether oxygens (including phenoxy) is 6. The number of aromatic hydroxyl groups is 6. The van der Waals surface area contributed by atoms with Crippen molar-refractivity contribution in [3.8, 4) is 46.0 Å². The second kappa shape index (κ2) is 18.1. The molecule has 4 aromatic rings. The van der Waals surface area contributed by atoms with Gasteiger partial charge in [-0.2, -0.15) is 0 Å². The molecule has 0 unspecified atom stereocenters. The molecule has 0 radical (unpaired) electrons. The minimum absolute atomic E-state index is 0.107. The minimum Gasteiger partial charge on any atom is -0.504 e. The monoisotopic (exact) mass is 868 g/mol. The fraction of sp³-hybridized carbons (Fsp3) is 0.381. The maximum absolute atomic E-state index is 14.3. The second-order valence-corrected chi connectivity index (χ2v) is 15.1. The Labute approximate surface area is 351 Å². The van der Waals surface area contributed by atoms with Gasteiger partial charge in [-0.15, -0.1) is 0 Å². The van der Waals surface area contributed by atoms with Gasteiger partial charge in [0.1, 0.15) is 62.0 Å². The highest BCUT2D eigenvalue weighted by atomic mass is 16.7. The van der Waals surface area contributed by atoms with Crippen molar-refractivity contribution >= 4 is 11.9 Å². The standard InChI is InChI=1S/C42H44O20/c43-19-11-9-17(13-23(19)47)29-31(39(55)57-15-27-33(49)35(51)37(53)41(61-27)59-25-7-3-1-5-21(25)45)30(18-10-12-20(44)24(48)14-18)32(29)40(56)58-16-28-34(50)36(52)38(54)42(62-28)60-26-8-4-2-6-22(26)46/h1-14,27-38,41-54H,15-16H2/t27-,28-,29?,30?,31?,32?,33-,34-,35+,36+,37-,38-,41-,42-/m1/s1. The maximum Gasteiger partial charge on any atom is 0.310 e. The largest absolute Gasteiger partial charge is 0.504 e. The number of carbonyl (C=O) groups excluding carboxylic acids is 2. The van der Waals surface area contributed by atoms with Gasteiger partial charge in [0.25, 0.3) is 0 Å². The zero-order valence-corrected chi connectivity index (χ0v) is 32.2. The Kier molecular flexibility index (Phi) is 12.8. The molecule has 332 valence electrons. The van der Waals surface area contributed by atoms with E-state index in [1.165, 1.54) is 60.7 Å². The highest BCUT2D eigenvalue weighted by Gasteiger charge is 2.60. The lowest BCUT2D eigenvalue weighted by Crippen LogP contribution is -2.61. The van der Waals surface area contributed by atoms with Crippen molar-refractivity contribution in [2.24, 2.45) is 11.8 Å². The van der Waals surface area contributed by atoms with Crippen LogP contribution in [0.2, 0.25) is 0 Å². The van der Waals surface area contributed by atoms with Crippen molar-refractivity contribution in [3.05, 3.63) is 96.1 Å². The number of aliphatic hydroxyl groups excluding tert-OH is 6. The van der Waals surface area contributed by atoms with Crippen molar-refractivity contribution in [1.82, 2.24) is 0 Å². The van der Waals surface area contributed by atoms with E-state index in [9.17, 15) is 70.9 Å². The smallest absolute Gasteiger partial charge is 0.310 e. The van der Waals surface area contributed by atoms with E-state index < -0.39 is 133 Å². The predicted octanol–water partition coefficient (Wildman–Crippen LogP) is -0.107. The van der Waals surface area contributed by atoms with Gasteiger partial charge < -0.3 is 89.7 Å². The van der Waals surface area contributed by atoms with Crippen LogP contribution in [0.25, 0.3) is 0 Å². The third-order valence-electron chi connectivity index (χ3n) is 11.2. The van der Waals surface area contributed by atoms with Crippen LogP contribution in [0.4, 0.5) is 0 Å². The second-order valence-electron chi connectivity index (χ2n) is 15.1. The van der Waals surface area contributed by atoms with E-state index in [1.807, 2.05) is 0 Å². The van der Waals surface area contributed by atoms with Gasteiger partial charge in [-0.1, -0.05) is 36.4 Å². The number of rotatable bonds is 12. The van der Waals surface area contributed by atoms with E-state index in [1.54, 1.807) is 0 Å². The molecule has 1 saturated carbocycles. The van der Waals surface area contributed by atoms with Crippen molar-refractivity contribution < 1.29 is 99.3 Å². The molecule has 10 atom stereocenters. The molecule has 0 amide bonds. The predicted molar refractivity (Wildman–Crippen MR) is 205 cm³/mol. The van der Waals surface area contributed by atoms with Crippen LogP contribution >= 0.6 is 0 Å². The van der Waals surface area contributed by atoms with Gasteiger partial charge in [0, 0.05) is 11.8 Å². The summed E-state index contributed by atoms with van der Waals surface area (Å²) in [6.07, 6.45) is -17.5. The third kappa shape index (κ3) is 8.67.